The molecule has 2 nitrogen and oxygen atoms in total. The molecule has 3 heteroatoms. The third-order valence-corrected chi connectivity index (χ3v) is 3.63. The number of ether oxygens (including phenoxy) is 2. The first-order valence-corrected chi connectivity index (χ1v) is 6.43. The zero-order chi connectivity index (χ0) is 12.8. The minimum Gasteiger partial charge on any atom is -0.497 e. The topological polar surface area (TPSA) is 18.5 Å². The molecule has 0 radical (unpaired) electrons. The van der Waals surface area contributed by atoms with Crippen LogP contribution in [0.3, 0.4) is 0 Å². The fourth-order valence-electron chi connectivity index (χ4n) is 1.92. The molecule has 0 saturated heterocycles. The number of benzene rings is 1. The highest BCUT2D eigenvalue weighted by atomic mass is 35.5. The van der Waals surface area contributed by atoms with E-state index in [1.807, 2.05) is 18.2 Å². The Morgan fingerprint density at radius 3 is 2.47 bits per heavy atom. The minimum absolute atomic E-state index is 0.141. The van der Waals surface area contributed by atoms with Crippen molar-refractivity contribution in [2.75, 3.05) is 14.2 Å². The van der Waals surface area contributed by atoms with Crippen LogP contribution >= 0.6 is 11.6 Å². The third kappa shape index (κ3) is 3.53. The van der Waals surface area contributed by atoms with E-state index in [0.29, 0.717) is 0 Å². The van der Waals surface area contributed by atoms with Gasteiger partial charge in [-0.15, -0.1) is 11.6 Å². The molecule has 1 rings (SSSR count). The number of rotatable bonds is 6. The van der Waals surface area contributed by atoms with Gasteiger partial charge in [-0.05, 0) is 18.1 Å². The van der Waals surface area contributed by atoms with Crippen LogP contribution in [0.1, 0.15) is 38.2 Å². The standard InChI is InChI=1S/C14H21ClO2/c1-5-6-13(15)10(2)12-8-7-11(16-3)9-14(12)17-4/h7-10,13H,5-6H2,1-4H3. The zero-order valence-corrected chi connectivity index (χ0v) is 11.8. The van der Waals surface area contributed by atoms with E-state index in [1.54, 1.807) is 14.2 Å². The van der Waals surface area contributed by atoms with Crippen molar-refractivity contribution in [2.24, 2.45) is 0 Å². The van der Waals surface area contributed by atoms with Gasteiger partial charge in [-0.2, -0.15) is 0 Å². The van der Waals surface area contributed by atoms with Crippen molar-refractivity contribution in [3.8, 4) is 11.5 Å². The highest BCUT2D eigenvalue weighted by Gasteiger charge is 2.19. The van der Waals surface area contributed by atoms with Crippen LogP contribution in [0.15, 0.2) is 18.2 Å². The average Bonchev–Trinajstić information content (AvgIpc) is 2.37. The van der Waals surface area contributed by atoms with Crippen LogP contribution < -0.4 is 9.47 Å². The van der Waals surface area contributed by atoms with Crippen LogP contribution in [0.2, 0.25) is 0 Å². The molecule has 0 aliphatic carbocycles. The van der Waals surface area contributed by atoms with Gasteiger partial charge < -0.3 is 9.47 Å². The number of methoxy groups -OCH3 is 2. The fourth-order valence-corrected chi connectivity index (χ4v) is 2.27. The molecular weight excluding hydrogens is 236 g/mol. The summed E-state index contributed by atoms with van der Waals surface area (Å²) in [5, 5.41) is 0.141. The summed E-state index contributed by atoms with van der Waals surface area (Å²) in [6.45, 7) is 4.28. The predicted molar refractivity (Wildman–Crippen MR) is 72.5 cm³/mol. The van der Waals surface area contributed by atoms with E-state index in [1.165, 1.54) is 0 Å². The Hall–Kier alpha value is -0.890. The van der Waals surface area contributed by atoms with E-state index in [0.717, 1.165) is 29.9 Å². The Labute approximate surface area is 109 Å². The molecule has 0 N–H and O–H groups in total. The summed E-state index contributed by atoms with van der Waals surface area (Å²) in [6.07, 6.45) is 2.11. The lowest BCUT2D eigenvalue weighted by molar-refractivity contribution is 0.388. The lowest BCUT2D eigenvalue weighted by Crippen LogP contribution is -2.10. The molecule has 0 aromatic heterocycles. The zero-order valence-electron chi connectivity index (χ0n) is 11.0. The molecular formula is C14H21ClO2. The van der Waals surface area contributed by atoms with Crippen LogP contribution in [0, 0.1) is 0 Å². The molecule has 1 aromatic rings. The second kappa shape index (κ2) is 6.75. The van der Waals surface area contributed by atoms with Gasteiger partial charge in [-0.25, -0.2) is 0 Å². The van der Waals surface area contributed by atoms with E-state index >= 15 is 0 Å². The van der Waals surface area contributed by atoms with Crippen LogP contribution in [0.25, 0.3) is 0 Å². The Balaban J connectivity index is 2.96. The lowest BCUT2D eigenvalue weighted by Gasteiger charge is -2.20. The number of halogens is 1. The Morgan fingerprint density at radius 2 is 1.94 bits per heavy atom. The summed E-state index contributed by atoms with van der Waals surface area (Å²) in [5.41, 5.74) is 1.14. The van der Waals surface area contributed by atoms with Crippen molar-refractivity contribution in [1.82, 2.24) is 0 Å². The molecule has 2 unspecified atom stereocenters. The Bertz CT molecular complexity index is 352. The first kappa shape index (κ1) is 14.2. The SMILES string of the molecule is CCCC(Cl)C(C)c1ccc(OC)cc1OC. The maximum absolute atomic E-state index is 6.38. The summed E-state index contributed by atoms with van der Waals surface area (Å²) in [5.74, 6) is 1.93. The predicted octanol–water partition coefficient (Wildman–Crippen LogP) is 4.21. The number of hydrogen-bond donors (Lipinski definition) is 0. The molecule has 0 aliphatic heterocycles. The molecule has 0 fully saturated rings. The van der Waals surface area contributed by atoms with E-state index in [4.69, 9.17) is 21.1 Å². The van der Waals surface area contributed by atoms with Gasteiger partial charge in [-0.1, -0.05) is 26.3 Å². The lowest BCUT2D eigenvalue weighted by atomic mass is 9.94. The molecule has 96 valence electrons. The van der Waals surface area contributed by atoms with Crippen molar-refractivity contribution >= 4 is 11.6 Å². The summed E-state index contributed by atoms with van der Waals surface area (Å²) in [6, 6.07) is 5.89. The second-order valence-corrected chi connectivity index (χ2v) is 4.76. The smallest absolute Gasteiger partial charge is 0.126 e. The summed E-state index contributed by atoms with van der Waals surface area (Å²) in [4.78, 5) is 0. The van der Waals surface area contributed by atoms with Gasteiger partial charge >= 0.3 is 0 Å². The summed E-state index contributed by atoms with van der Waals surface area (Å²) < 4.78 is 10.6. The van der Waals surface area contributed by atoms with Crippen LogP contribution in [-0.2, 0) is 0 Å². The normalized spacial score (nSPS) is 14.2. The maximum atomic E-state index is 6.38. The average molecular weight is 257 g/mol. The van der Waals surface area contributed by atoms with Gasteiger partial charge in [0.25, 0.3) is 0 Å². The van der Waals surface area contributed by atoms with Gasteiger partial charge in [-0.3, -0.25) is 0 Å². The van der Waals surface area contributed by atoms with Crippen LogP contribution in [-0.4, -0.2) is 19.6 Å². The van der Waals surface area contributed by atoms with Crippen LogP contribution in [0.5, 0.6) is 11.5 Å². The van der Waals surface area contributed by atoms with E-state index in [-0.39, 0.29) is 11.3 Å². The molecule has 0 saturated carbocycles. The van der Waals surface area contributed by atoms with Crippen LogP contribution in [0.4, 0.5) is 0 Å². The highest BCUT2D eigenvalue weighted by molar-refractivity contribution is 6.21. The molecule has 0 amide bonds. The van der Waals surface area contributed by atoms with Gasteiger partial charge in [0.15, 0.2) is 0 Å². The minimum atomic E-state index is 0.141. The first-order chi connectivity index (χ1) is 8.13. The van der Waals surface area contributed by atoms with E-state index in [9.17, 15) is 0 Å². The molecule has 0 spiro atoms. The summed E-state index contributed by atoms with van der Waals surface area (Å²) >= 11 is 6.38. The molecule has 0 bridgehead atoms. The largest absolute Gasteiger partial charge is 0.497 e. The molecule has 2 atom stereocenters. The van der Waals surface area contributed by atoms with E-state index in [2.05, 4.69) is 13.8 Å². The highest BCUT2D eigenvalue weighted by Crippen LogP contribution is 2.35. The van der Waals surface area contributed by atoms with Crippen molar-refractivity contribution in [3.63, 3.8) is 0 Å². The van der Waals surface area contributed by atoms with Gasteiger partial charge in [0.05, 0.1) is 14.2 Å². The van der Waals surface area contributed by atoms with Crippen molar-refractivity contribution in [1.29, 1.82) is 0 Å². The molecule has 17 heavy (non-hydrogen) atoms. The molecule has 0 heterocycles. The van der Waals surface area contributed by atoms with E-state index < -0.39 is 0 Å². The molecule has 1 aromatic carbocycles. The maximum Gasteiger partial charge on any atom is 0.126 e. The number of hydrogen-bond acceptors (Lipinski definition) is 2. The van der Waals surface area contributed by atoms with Crippen molar-refractivity contribution < 1.29 is 9.47 Å². The Morgan fingerprint density at radius 1 is 1.24 bits per heavy atom. The number of alkyl halides is 1. The van der Waals surface area contributed by atoms with Gasteiger partial charge in [0.2, 0.25) is 0 Å². The van der Waals surface area contributed by atoms with Crippen molar-refractivity contribution in [3.05, 3.63) is 23.8 Å². The van der Waals surface area contributed by atoms with Crippen molar-refractivity contribution in [2.45, 2.75) is 38.0 Å². The fraction of sp³-hybridized carbons (Fsp3) is 0.571. The first-order valence-electron chi connectivity index (χ1n) is 6.00. The second-order valence-electron chi connectivity index (χ2n) is 4.20. The molecule has 0 aliphatic rings. The van der Waals surface area contributed by atoms with Gasteiger partial charge in [0, 0.05) is 17.4 Å². The monoisotopic (exact) mass is 256 g/mol. The quantitative estimate of drug-likeness (QED) is 0.710. The summed E-state index contributed by atoms with van der Waals surface area (Å²) in [7, 11) is 3.33. The van der Waals surface area contributed by atoms with Gasteiger partial charge in [0.1, 0.15) is 11.5 Å². The Kier molecular flexibility index (Phi) is 5.63. The third-order valence-electron chi connectivity index (χ3n) is 3.04.